The summed E-state index contributed by atoms with van der Waals surface area (Å²) in [6, 6.07) is 12.0. The maximum Gasteiger partial charge on any atom is 0.254 e. The average Bonchev–Trinajstić information content (AvgIpc) is 3.33. The number of carbonyl (C=O) groups is 1. The summed E-state index contributed by atoms with van der Waals surface area (Å²) in [5, 5.41) is 0. The largest absolute Gasteiger partial charge is 0.330 e. The molecular formula is C17H17BrN2O. The van der Waals surface area contributed by atoms with Gasteiger partial charge in [0.05, 0.1) is 12.2 Å². The van der Waals surface area contributed by atoms with Crippen LogP contribution in [0.4, 0.5) is 0 Å². The second-order valence-electron chi connectivity index (χ2n) is 5.45. The molecule has 0 aliphatic heterocycles. The topological polar surface area (TPSA) is 33.2 Å². The second-order valence-corrected chi connectivity index (χ2v) is 6.30. The molecule has 1 aromatic carbocycles. The van der Waals surface area contributed by atoms with E-state index in [-0.39, 0.29) is 5.91 Å². The first kappa shape index (κ1) is 14.3. The van der Waals surface area contributed by atoms with Crippen molar-refractivity contribution in [3.8, 4) is 0 Å². The number of amides is 1. The molecule has 0 atom stereocenters. The third-order valence-electron chi connectivity index (χ3n) is 3.71. The third kappa shape index (κ3) is 3.32. The molecule has 3 rings (SSSR count). The number of nitrogens with zero attached hydrogens (tertiary/aromatic N) is 2. The summed E-state index contributed by atoms with van der Waals surface area (Å²) in [5.74, 6) is 0.0961. The molecule has 1 aromatic heterocycles. The van der Waals surface area contributed by atoms with Crippen LogP contribution >= 0.6 is 15.9 Å². The molecule has 0 bridgehead atoms. The molecule has 1 fully saturated rings. The summed E-state index contributed by atoms with van der Waals surface area (Å²) in [4.78, 5) is 19.1. The zero-order chi connectivity index (χ0) is 14.8. The molecule has 0 radical (unpaired) electrons. The molecular weight excluding hydrogens is 328 g/mol. The smallest absolute Gasteiger partial charge is 0.254 e. The Morgan fingerprint density at radius 2 is 2.14 bits per heavy atom. The fourth-order valence-electron chi connectivity index (χ4n) is 2.36. The van der Waals surface area contributed by atoms with Gasteiger partial charge in [0.15, 0.2) is 0 Å². The van der Waals surface area contributed by atoms with E-state index >= 15 is 0 Å². The Labute approximate surface area is 133 Å². The summed E-state index contributed by atoms with van der Waals surface area (Å²) in [7, 11) is 0. The van der Waals surface area contributed by atoms with Gasteiger partial charge < -0.3 is 4.90 Å². The van der Waals surface area contributed by atoms with E-state index < -0.39 is 0 Å². The fourth-order valence-corrected chi connectivity index (χ4v) is 2.61. The molecule has 1 heterocycles. The van der Waals surface area contributed by atoms with Crippen molar-refractivity contribution >= 4 is 21.8 Å². The molecule has 1 aliphatic carbocycles. The number of rotatable bonds is 4. The van der Waals surface area contributed by atoms with Crippen LogP contribution in [0.1, 0.15) is 34.5 Å². The van der Waals surface area contributed by atoms with Crippen molar-refractivity contribution in [1.29, 1.82) is 0 Å². The molecule has 1 saturated carbocycles. The first-order valence-corrected chi connectivity index (χ1v) is 7.91. The molecule has 1 amide bonds. The van der Waals surface area contributed by atoms with Gasteiger partial charge >= 0.3 is 0 Å². The Morgan fingerprint density at radius 1 is 1.33 bits per heavy atom. The van der Waals surface area contributed by atoms with E-state index in [1.807, 2.05) is 48.2 Å². The molecule has 108 valence electrons. The number of aromatic nitrogens is 1. The van der Waals surface area contributed by atoms with Crippen LogP contribution in [0, 0.1) is 6.92 Å². The summed E-state index contributed by atoms with van der Waals surface area (Å²) >= 11 is 3.48. The van der Waals surface area contributed by atoms with Crippen molar-refractivity contribution in [2.45, 2.75) is 32.4 Å². The minimum Gasteiger partial charge on any atom is -0.330 e. The Hall–Kier alpha value is -1.68. The number of carbonyl (C=O) groups excluding carboxylic acids is 1. The zero-order valence-electron chi connectivity index (χ0n) is 11.9. The number of halogens is 1. The van der Waals surface area contributed by atoms with Crippen LogP contribution in [0.2, 0.25) is 0 Å². The minimum atomic E-state index is 0.0961. The maximum atomic E-state index is 12.8. The van der Waals surface area contributed by atoms with Crippen LogP contribution in [0.15, 0.2) is 47.1 Å². The lowest BCUT2D eigenvalue weighted by Crippen LogP contribution is -2.32. The van der Waals surface area contributed by atoms with Crippen LogP contribution in [0.25, 0.3) is 0 Å². The van der Waals surface area contributed by atoms with Crippen LogP contribution < -0.4 is 0 Å². The minimum absolute atomic E-state index is 0.0961. The predicted molar refractivity (Wildman–Crippen MR) is 86.0 cm³/mol. The van der Waals surface area contributed by atoms with Crippen molar-refractivity contribution in [3.63, 3.8) is 0 Å². The van der Waals surface area contributed by atoms with Gasteiger partial charge in [-0.1, -0.05) is 22.0 Å². The van der Waals surface area contributed by atoms with Crippen molar-refractivity contribution in [2.75, 3.05) is 0 Å². The zero-order valence-corrected chi connectivity index (χ0v) is 13.5. The maximum absolute atomic E-state index is 12.8. The lowest BCUT2D eigenvalue weighted by molar-refractivity contribution is 0.0727. The molecule has 4 heteroatoms. The highest BCUT2D eigenvalue weighted by atomic mass is 79.9. The first-order valence-electron chi connectivity index (χ1n) is 7.12. The third-order valence-corrected chi connectivity index (χ3v) is 4.60. The van der Waals surface area contributed by atoms with Crippen LogP contribution in [-0.2, 0) is 6.54 Å². The van der Waals surface area contributed by atoms with E-state index in [9.17, 15) is 4.79 Å². The molecule has 2 aromatic rings. The molecule has 0 spiro atoms. The normalized spacial score (nSPS) is 14.0. The summed E-state index contributed by atoms with van der Waals surface area (Å²) < 4.78 is 1.03. The Kier molecular flexibility index (Phi) is 4.06. The lowest BCUT2D eigenvalue weighted by Gasteiger charge is -2.22. The second kappa shape index (κ2) is 5.98. The number of hydrogen-bond donors (Lipinski definition) is 0. The van der Waals surface area contributed by atoms with Gasteiger partial charge in [0.25, 0.3) is 5.91 Å². The lowest BCUT2D eigenvalue weighted by atomic mass is 10.1. The highest BCUT2D eigenvalue weighted by molar-refractivity contribution is 9.10. The fraction of sp³-hybridized carbons (Fsp3) is 0.294. The highest BCUT2D eigenvalue weighted by Crippen LogP contribution is 2.30. The van der Waals surface area contributed by atoms with Gasteiger partial charge in [0.1, 0.15) is 0 Å². The molecule has 0 unspecified atom stereocenters. The number of pyridine rings is 1. The number of aryl methyl sites for hydroxylation is 1. The molecule has 3 nitrogen and oxygen atoms in total. The molecule has 1 aliphatic rings. The van der Waals surface area contributed by atoms with Crippen molar-refractivity contribution in [1.82, 2.24) is 9.88 Å². The van der Waals surface area contributed by atoms with E-state index in [1.165, 1.54) is 0 Å². The Balaban J connectivity index is 1.83. The summed E-state index contributed by atoms with van der Waals surface area (Å²) in [5.41, 5.74) is 2.76. The Morgan fingerprint density at radius 3 is 2.76 bits per heavy atom. The van der Waals surface area contributed by atoms with E-state index in [2.05, 4.69) is 20.9 Å². The van der Waals surface area contributed by atoms with Gasteiger partial charge in [-0.2, -0.15) is 0 Å². The highest BCUT2D eigenvalue weighted by Gasteiger charge is 2.33. The average molecular weight is 345 g/mol. The van der Waals surface area contributed by atoms with Crippen LogP contribution in [0.3, 0.4) is 0 Å². The van der Waals surface area contributed by atoms with Gasteiger partial charge in [-0.15, -0.1) is 0 Å². The quantitative estimate of drug-likeness (QED) is 0.840. The summed E-state index contributed by atoms with van der Waals surface area (Å²) in [6.07, 6.45) is 3.96. The van der Waals surface area contributed by atoms with E-state index in [0.717, 1.165) is 34.1 Å². The standard InChI is InChI=1S/C17H17BrN2O/c1-12-10-13(5-8-16(12)18)17(21)20(15-6-7-15)11-14-4-2-3-9-19-14/h2-5,8-10,15H,6-7,11H2,1H3. The van der Waals surface area contributed by atoms with Crippen LogP contribution in [0.5, 0.6) is 0 Å². The molecule has 0 N–H and O–H groups in total. The number of hydrogen-bond acceptors (Lipinski definition) is 2. The van der Waals surface area contributed by atoms with Crippen molar-refractivity contribution in [2.24, 2.45) is 0 Å². The van der Waals surface area contributed by atoms with E-state index in [4.69, 9.17) is 0 Å². The van der Waals surface area contributed by atoms with Gasteiger partial charge in [0.2, 0.25) is 0 Å². The number of benzene rings is 1. The molecule has 0 saturated heterocycles. The SMILES string of the molecule is Cc1cc(C(=O)N(Cc2ccccn2)C2CC2)ccc1Br. The van der Waals surface area contributed by atoms with E-state index in [0.29, 0.717) is 12.6 Å². The summed E-state index contributed by atoms with van der Waals surface area (Å²) in [6.45, 7) is 2.58. The van der Waals surface area contributed by atoms with Crippen molar-refractivity contribution < 1.29 is 4.79 Å². The predicted octanol–water partition coefficient (Wildman–Crippen LogP) is 3.96. The molecule has 21 heavy (non-hydrogen) atoms. The van der Waals surface area contributed by atoms with Crippen molar-refractivity contribution in [3.05, 3.63) is 63.9 Å². The van der Waals surface area contributed by atoms with Gasteiger partial charge in [-0.25, -0.2) is 0 Å². The van der Waals surface area contributed by atoms with Gasteiger partial charge in [-0.05, 0) is 55.7 Å². The van der Waals surface area contributed by atoms with Gasteiger partial charge in [0, 0.05) is 22.3 Å². The monoisotopic (exact) mass is 344 g/mol. The van der Waals surface area contributed by atoms with E-state index in [1.54, 1.807) is 6.20 Å². The van der Waals surface area contributed by atoms with Crippen LogP contribution in [-0.4, -0.2) is 21.8 Å². The Bertz CT molecular complexity index is 653. The first-order chi connectivity index (χ1) is 10.1. The van der Waals surface area contributed by atoms with Gasteiger partial charge in [-0.3, -0.25) is 9.78 Å².